The number of rotatable bonds is 2. The zero-order chi connectivity index (χ0) is 13.5. The monoisotopic (exact) mass is 259 g/mol. The van der Waals surface area contributed by atoms with Gasteiger partial charge in [-0.3, -0.25) is 9.78 Å². The Balaban J connectivity index is 1.77. The summed E-state index contributed by atoms with van der Waals surface area (Å²) in [6, 6.07) is 0. The number of aromatic nitrogens is 2. The minimum atomic E-state index is -0.0673. The molecule has 1 aromatic rings. The number of amides is 1. The van der Waals surface area contributed by atoms with Crippen molar-refractivity contribution in [1.29, 1.82) is 0 Å². The number of fused-ring (bicyclic) bond motifs is 2. The lowest BCUT2D eigenvalue weighted by Gasteiger charge is -2.38. The zero-order valence-corrected chi connectivity index (χ0v) is 11.7. The molecule has 1 heterocycles. The lowest BCUT2D eigenvalue weighted by Crippen LogP contribution is -2.49. The number of aryl methyl sites for hydroxylation is 1. The van der Waals surface area contributed by atoms with E-state index in [-0.39, 0.29) is 11.4 Å². The van der Waals surface area contributed by atoms with E-state index in [1.807, 2.05) is 6.92 Å². The van der Waals surface area contributed by atoms with Crippen LogP contribution in [0.25, 0.3) is 0 Å². The van der Waals surface area contributed by atoms with Crippen LogP contribution in [0.2, 0.25) is 0 Å². The molecule has 2 bridgehead atoms. The number of hydrogen-bond acceptors (Lipinski definition) is 3. The highest BCUT2D eigenvalue weighted by atomic mass is 16.2. The topological polar surface area (TPSA) is 54.9 Å². The van der Waals surface area contributed by atoms with Gasteiger partial charge in [-0.15, -0.1) is 0 Å². The average Bonchev–Trinajstić information content (AvgIpc) is 2.59. The fourth-order valence-corrected chi connectivity index (χ4v) is 3.86. The zero-order valence-electron chi connectivity index (χ0n) is 11.7. The van der Waals surface area contributed by atoms with E-state index >= 15 is 0 Å². The van der Waals surface area contributed by atoms with E-state index in [1.54, 1.807) is 12.4 Å². The average molecular weight is 259 g/mol. The lowest BCUT2D eigenvalue weighted by atomic mass is 9.74. The van der Waals surface area contributed by atoms with Crippen LogP contribution in [0.1, 0.15) is 61.6 Å². The highest BCUT2D eigenvalue weighted by Crippen LogP contribution is 2.53. The third-order valence-corrected chi connectivity index (χ3v) is 4.77. The smallest absolute Gasteiger partial charge is 0.271 e. The molecule has 0 aliphatic heterocycles. The van der Waals surface area contributed by atoms with Crippen molar-refractivity contribution >= 4 is 5.91 Å². The summed E-state index contributed by atoms with van der Waals surface area (Å²) in [4.78, 5) is 20.6. The summed E-state index contributed by atoms with van der Waals surface area (Å²) in [6.45, 7) is 4.21. The maximum atomic E-state index is 12.3. The highest BCUT2D eigenvalue weighted by Gasteiger charge is 2.49. The lowest BCUT2D eigenvalue weighted by molar-refractivity contribution is 0.0856. The second-order valence-corrected chi connectivity index (χ2v) is 6.62. The summed E-state index contributed by atoms with van der Waals surface area (Å²) < 4.78 is 0. The molecular formula is C15H21N3O. The Bertz CT molecular complexity index is 516. The largest absolute Gasteiger partial charge is 0.345 e. The Morgan fingerprint density at radius 2 is 2.11 bits per heavy atom. The standard InChI is InChI=1S/C15H21N3O/c1-11-8-16-9-12(17-11)13(19)18-15-5-3-4-14(2,10-15)6-7-15/h8-9H,3-7,10H2,1-2H3,(H,18,19). The third kappa shape index (κ3) is 2.36. The summed E-state index contributed by atoms with van der Waals surface area (Å²) in [5, 5.41) is 3.25. The Labute approximate surface area is 114 Å². The molecule has 2 aliphatic rings. The number of carbonyl (C=O) groups excluding carboxylic acids is 1. The van der Waals surface area contributed by atoms with Crippen LogP contribution in [0.15, 0.2) is 12.4 Å². The van der Waals surface area contributed by atoms with Crippen LogP contribution in [0.3, 0.4) is 0 Å². The van der Waals surface area contributed by atoms with E-state index in [9.17, 15) is 4.79 Å². The Morgan fingerprint density at radius 3 is 2.89 bits per heavy atom. The van der Waals surface area contributed by atoms with Crippen molar-refractivity contribution in [2.45, 2.75) is 57.9 Å². The first kappa shape index (κ1) is 12.6. The number of nitrogens with zero attached hydrogens (tertiary/aromatic N) is 2. The van der Waals surface area contributed by atoms with Crippen LogP contribution in [-0.2, 0) is 0 Å². The van der Waals surface area contributed by atoms with Gasteiger partial charge in [0, 0.05) is 11.7 Å². The molecule has 4 heteroatoms. The summed E-state index contributed by atoms with van der Waals surface area (Å²) in [7, 11) is 0. The first-order valence-electron chi connectivity index (χ1n) is 7.12. The molecule has 1 amide bonds. The molecule has 0 spiro atoms. The molecule has 0 aromatic carbocycles. The second-order valence-electron chi connectivity index (χ2n) is 6.62. The predicted octanol–water partition coefficient (Wildman–Crippen LogP) is 2.63. The van der Waals surface area contributed by atoms with Crippen molar-refractivity contribution in [2.24, 2.45) is 5.41 Å². The summed E-state index contributed by atoms with van der Waals surface area (Å²) in [5.41, 5.74) is 1.66. The SMILES string of the molecule is Cc1cncc(C(=O)NC23CCCC(C)(CC2)C3)n1. The van der Waals surface area contributed by atoms with E-state index in [4.69, 9.17) is 0 Å². The number of carbonyl (C=O) groups is 1. The molecule has 19 heavy (non-hydrogen) atoms. The molecule has 2 aliphatic carbocycles. The molecule has 2 unspecified atom stereocenters. The molecular weight excluding hydrogens is 238 g/mol. The highest BCUT2D eigenvalue weighted by molar-refractivity contribution is 5.92. The van der Waals surface area contributed by atoms with Crippen LogP contribution in [0.5, 0.6) is 0 Å². The normalized spacial score (nSPS) is 33.2. The Morgan fingerprint density at radius 1 is 1.26 bits per heavy atom. The van der Waals surface area contributed by atoms with Crippen LogP contribution >= 0.6 is 0 Å². The maximum Gasteiger partial charge on any atom is 0.271 e. The van der Waals surface area contributed by atoms with E-state index in [0.29, 0.717) is 11.1 Å². The van der Waals surface area contributed by atoms with Crippen molar-refractivity contribution in [3.05, 3.63) is 23.8 Å². The van der Waals surface area contributed by atoms with Gasteiger partial charge in [-0.2, -0.15) is 0 Å². The van der Waals surface area contributed by atoms with E-state index in [1.165, 1.54) is 19.3 Å². The number of nitrogens with one attached hydrogen (secondary N) is 1. The number of hydrogen-bond donors (Lipinski definition) is 1. The van der Waals surface area contributed by atoms with Gasteiger partial charge in [-0.25, -0.2) is 4.98 Å². The predicted molar refractivity (Wildman–Crippen MR) is 72.8 cm³/mol. The van der Waals surface area contributed by atoms with Crippen LogP contribution in [0.4, 0.5) is 0 Å². The third-order valence-electron chi connectivity index (χ3n) is 4.77. The Kier molecular flexibility index (Phi) is 2.84. The van der Waals surface area contributed by atoms with Gasteiger partial charge in [0.15, 0.2) is 0 Å². The maximum absolute atomic E-state index is 12.3. The van der Waals surface area contributed by atoms with Crippen molar-refractivity contribution in [3.63, 3.8) is 0 Å². The molecule has 4 nitrogen and oxygen atoms in total. The van der Waals surface area contributed by atoms with Gasteiger partial charge in [-0.05, 0) is 44.4 Å². The molecule has 0 radical (unpaired) electrons. The van der Waals surface area contributed by atoms with Crippen molar-refractivity contribution in [1.82, 2.24) is 15.3 Å². The van der Waals surface area contributed by atoms with Crippen molar-refractivity contribution in [3.8, 4) is 0 Å². The van der Waals surface area contributed by atoms with Gasteiger partial charge >= 0.3 is 0 Å². The van der Waals surface area contributed by atoms with E-state index < -0.39 is 0 Å². The van der Waals surface area contributed by atoms with Gasteiger partial charge in [0.25, 0.3) is 5.91 Å². The quantitative estimate of drug-likeness (QED) is 0.888. The van der Waals surface area contributed by atoms with Crippen LogP contribution in [0, 0.1) is 12.3 Å². The van der Waals surface area contributed by atoms with Gasteiger partial charge in [-0.1, -0.05) is 13.3 Å². The van der Waals surface area contributed by atoms with Crippen molar-refractivity contribution < 1.29 is 4.79 Å². The first-order chi connectivity index (χ1) is 9.00. The fourth-order valence-electron chi connectivity index (χ4n) is 3.86. The second kappa shape index (κ2) is 4.29. The van der Waals surface area contributed by atoms with Crippen LogP contribution in [-0.4, -0.2) is 21.4 Å². The van der Waals surface area contributed by atoms with E-state index in [0.717, 1.165) is 25.0 Å². The van der Waals surface area contributed by atoms with Gasteiger partial charge < -0.3 is 5.32 Å². The molecule has 2 fully saturated rings. The molecule has 1 aromatic heterocycles. The van der Waals surface area contributed by atoms with Gasteiger partial charge in [0.2, 0.25) is 0 Å². The minimum absolute atomic E-state index is 0.00943. The summed E-state index contributed by atoms with van der Waals surface area (Å²) >= 11 is 0. The van der Waals surface area contributed by atoms with Crippen LogP contribution < -0.4 is 5.32 Å². The molecule has 2 saturated carbocycles. The summed E-state index contributed by atoms with van der Waals surface area (Å²) in [5.74, 6) is -0.0673. The molecule has 3 rings (SSSR count). The fraction of sp³-hybridized carbons (Fsp3) is 0.667. The molecule has 0 saturated heterocycles. The molecule has 1 N–H and O–H groups in total. The van der Waals surface area contributed by atoms with Crippen molar-refractivity contribution in [2.75, 3.05) is 0 Å². The van der Waals surface area contributed by atoms with Gasteiger partial charge in [0.05, 0.1) is 11.9 Å². The van der Waals surface area contributed by atoms with Gasteiger partial charge in [0.1, 0.15) is 5.69 Å². The summed E-state index contributed by atoms with van der Waals surface area (Å²) in [6.07, 6.45) is 10.3. The molecule has 2 atom stereocenters. The minimum Gasteiger partial charge on any atom is -0.345 e. The van der Waals surface area contributed by atoms with E-state index in [2.05, 4.69) is 22.2 Å². The Hall–Kier alpha value is -1.45. The molecule has 102 valence electrons. The first-order valence-corrected chi connectivity index (χ1v) is 7.12.